The molecule has 1 aliphatic heterocycles. The van der Waals surface area contributed by atoms with E-state index >= 15 is 0 Å². The van der Waals surface area contributed by atoms with Gasteiger partial charge >= 0.3 is 6.09 Å². The second-order valence-electron chi connectivity index (χ2n) is 9.59. The number of H-pyrrole nitrogens is 1. The molecule has 1 amide bonds. The third kappa shape index (κ3) is 4.35. The molecule has 32 heavy (non-hydrogen) atoms. The number of aromatic nitrogens is 4. The number of piperidine rings is 1. The third-order valence-corrected chi connectivity index (χ3v) is 7.84. The third-order valence-electron chi connectivity index (χ3n) is 7.57. The first-order chi connectivity index (χ1) is 15.4. The van der Waals surface area contributed by atoms with Gasteiger partial charge in [0.05, 0.1) is 6.20 Å². The Kier molecular flexibility index (Phi) is 5.61. The lowest BCUT2D eigenvalue weighted by Gasteiger charge is -2.46. The van der Waals surface area contributed by atoms with Gasteiger partial charge in [0.1, 0.15) is 5.02 Å². The first-order valence-electron chi connectivity index (χ1n) is 11.5. The molecule has 2 aromatic heterocycles. The molecule has 3 aliphatic rings. The van der Waals surface area contributed by atoms with Gasteiger partial charge in [-0.1, -0.05) is 11.6 Å². The van der Waals surface area contributed by atoms with Crippen molar-refractivity contribution in [3.63, 3.8) is 0 Å². The second-order valence-corrected chi connectivity index (χ2v) is 9.99. The molecule has 10 heteroatoms. The highest BCUT2D eigenvalue weighted by molar-refractivity contribution is 6.32. The van der Waals surface area contributed by atoms with Crippen LogP contribution >= 0.6 is 11.6 Å². The molecular weight excluding hydrogens is 430 g/mol. The largest absolute Gasteiger partial charge is 0.465 e. The van der Waals surface area contributed by atoms with Crippen LogP contribution in [0.15, 0.2) is 12.3 Å². The SMILES string of the molecule is CN(c1ncc(Cl)c(Nc2cc(C3CC3)[nH]n2)n1)C1CCC2(CC1)CCN(C(=O)O)CC2. The smallest absolute Gasteiger partial charge is 0.407 e. The molecule has 0 unspecified atom stereocenters. The minimum absolute atomic E-state index is 0.288. The summed E-state index contributed by atoms with van der Waals surface area (Å²) >= 11 is 6.36. The van der Waals surface area contributed by atoms with Crippen LogP contribution in [0.5, 0.6) is 0 Å². The molecule has 2 aromatic rings. The van der Waals surface area contributed by atoms with Crippen molar-refractivity contribution in [1.82, 2.24) is 25.1 Å². The second kappa shape index (κ2) is 8.42. The number of hydrogen-bond donors (Lipinski definition) is 3. The molecule has 2 saturated carbocycles. The van der Waals surface area contributed by atoms with Crippen molar-refractivity contribution < 1.29 is 9.90 Å². The number of halogens is 1. The Labute approximate surface area is 192 Å². The van der Waals surface area contributed by atoms with Gasteiger partial charge in [-0.3, -0.25) is 5.10 Å². The first-order valence-corrected chi connectivity index (χ1v) is 11.9. The molecule has 0 atom stereocenters. The summed E-state index contributed by atoms with van der Waals surface area (Å²) in [5, 5.41) is 20.3. The van der Waals surface area contributed by atoms with Gasteiger partial charge in [0, 0.05) is 43.9 Å². The number of amides is 1. The molecular formula is C22H30ClN7O2. The highest BCUT2D eigenvalue weighted by Gasteiger charge is 2.40. The quantitative estimate of drug-likeness (QED) is 0.598. The van der Waals surface area contributed by atoms with Crippen LogP contribution in [-0.4, -0.2) is 62.4 Å². The monoisotopic (exact) mass is 459 g/mol. The van der Waals surface area contributed by atoms with E-state index in [4.69, 9.17) is 16.6 Å². The Bertz CT molecular complexity index is 974. The Morgan fingerprint density at radius 1 is 1.25 bits per heavy atom. The standard InChI is InChI=1S/C22H30ClN7O2/c1-29(15-4-6-22(7-5-15)8-10-30(11-9-22)21(31)32)20-24-13-16(23)19(26-20)25-18-12-17(27-28-18)14-2-3-14/h12-15H,2-11H2,1H3,(H,31,32)(H2,24,25,26,27,28). The van der Waals surface area contributed by atoms with Crippen molar-refractivity contribution in [3.8, 4) is 0 Å². The van der Waals surface area contributed by atoms with Gasteiger partial charge in [0.25, 0.3) is 0 Å². The van der Waals surface area contributed by atoms with Gasteiger partial charge in [-0.25, -0.2) is 9.78 Å². The summed E-state index contributed by atoms with van der Waals surface area (Å²) in [4.78, 5) is 24.1. The van der Waals surface area contributed by atoms with Gasteiger partial charge in [-0.15, -0.1) is 0 Å². The minimum atomic E-state index is -0.795. The number of carbonyl (C=O) groups is 1. The summed E-state index contributed by atoms with van der Waals surface area (Å²) in [6.45, 7) is 1.31. The van der Waals surface area contributed by atoms with Crippen molar-refractivity contribution in [3.05, 3.63) is 23.0 Å². The molecule has 3 heterocycles. The fourth-order valence-electron chi connectivity index (χ4n) is 5.18. The molecule has 3 fully saturated rings. The molecule has 0 bridgehead atoms. The number of aromatic amines is 1. The predicted molar refractivity (Wildman–Crippen MR) is 123 cm³/mol. The Hall–Kier alpha value is -2.55. The van der Waals surface area contributed by atoms with E-state index in [2.05, 4.69) is 25.4 Å². The van der Waals surface area contributed by atoms with Crippen molar-refractivity contribution in [2.45, 2.75) is 63.3 Å². The van der Waals surface area contributed by atoms with Gasteiger partial charge in [-0.05, 0) is 56.8 Å². The average Bonchev–Trinajstić information content (AvgIpc) is 3.54. The number of rotatable bonds is 5. The van der Waals surface area contributed by atoms with Crippen LogP contribution in [0, 0.1) is 5.41 Å². The van der Waals surface area contributed by atoms with E-state index in [0.717, 1.165) is 44.2 Å². The van der Waals surface area contributed by atoms with Crippen LogP contribution in [0.2, 0.25) is 5.02 Å². The highest BCUT2D eigenvalue weighted by Crippen LogP contribution is 2.46. The predicted octanol–water partition coefficient (Wildman–Crippen LogP) is 4.61. The summed E-state index contributed by atoms with van der Waals surface area (Å²) < 4.78 is 0. The van der Waals surface area contributed by atoms with E-state index in [1.165, 1.54) is 12.8 Å². The van der Waals surface area contributed by atoms with Crippen LogP contribution < -0.4 is 10.2 Å². The van der Waals surface area contributed by atoms with Crippen molar-refractivity contribution in [1.29, 1.82) is 0 Å². The Balaban J connectivity index is 1.21. The van der Waals surface area contributed by atoms with Crippen molar-refractivity contribution in [2.75, 3.05) is 30.4 Å². The lowest BCUT2D eigenvalue weighted by Crippen LogP contribution is -2.46. The maximum atomic E-state index is 11.2. The first kappa shape index (κ1) is 21.3. The maximum Gasteiger partial charge on any atom is 0.407 e. The summed E-state index contributed by atoms with van der Waals surface area (Å²) in [5.41, 5.74) is 1.44. The average molecular weight is 460 g/mol. The molecule has 2 aliphatic carbocycles. The van der Waals surface area contributed by atoms with E-state index in [1.54, 1.807) is 11.1 Å². The van der Waals surface area contributed by atoms with E-state index in [9.17, 15) is 9.90 Å². The van der Waals surface area contributed by atoms with Crippen molar-refractivity contribution in [2.24, 2.45) is 5.41 Å². The van der Waals surface area contributed by atoms with E-state index in [1.807, 2.05) is 13.1 Å². The van der Waals surface area contributed by atoms with Gasteiger partial charge in [0.2, 0.25) is 5.95 Å². The van der Waals surface area contributed by atoms with E-state index < -0.39 is 6.09 Å². The summed E-state index contributed by atoms with van der Waals surface area (Å²) in [7, 11) is 2.04. The summed E-state index contributed by atoms with van der Waals surface area (Å²) in [6.07, 6.45) is 9.55. The molecule has 0 aromatic carbocycles. The van der Waals surface area contributed by atoms with E-state index in [0.29, 0.717) is 47.7 Å². The Morgan fingerprint density at radius 2 is 1.97 bits per heavy atom. The molecule has 9 nitrogen and oxygen atoms in total. The molecule has 5 rings (SSSR count). The zero-order chi connectivity index (χ0) is 22.3. The molecule has 172 valence electrons. The van der Waals surface area contributed by atoms with Crippen molar-refractivity contribution >= 4 is 35.3 Å². The summed E-state index contributed by atoms with van der Waals surface area (Å²) in [5.74, 6) is 2.53. The fourth-order valence-corrected chi connectivity index (χ4v) is 5.32. The van der Waals surface area contributed by atoms with Gasteiger partial charge in [-0.2, -0.15) is 10.1 Å². The highest BCUT2D eigenvalue weighted by atomic mass is 35.5. The number of nitrogens with zero attached hydrogens (tertiary/aromatic N) is 5. The zero-order valence-electron chi connectivity index (χ0n) is 18.3. The molecule has 1 saturated heterocycles. The van der Waals surface area contributed by atoms with Crippen LogP contribution in [0.3, 0.4) is 0 Å². The topological polar surface area (TPSA) is 110 Å². The Morgan fingerprint density at radius 3 is 2.62 bits per heavy atom. The number of nitrogens with one attached hydrogen (secondary N) is 2. The van der Waals surface area contributed by atoms with Crippen LogP contribution in [-0.2, 0) is 0 Å². The van der Waals surface area contributed by atoms with Crippen LogP contribution in [0.25, 0.3) is 0 Å². The molecule has 3 N–H and O–H groups in total. The lowest BCUT2D eigenvalue weighted by atomic mass is 9.67. The number of likely N-dealkylation sites (tertiary alicyclic amines) is 1. The lowest BCUT2D eigenvalue weighted by molar-refractivity contribution is 0.0600. The van der Waals surface area contributed by atoms with E-state index in [-0.39, 0.29) is 5.41 Å². The number of carboxylic acid groups (broad SMARTS) is 1. The fraction of sp³-hybridized carbons (Fsp3) is 0.636. The molecule has 1 spiro atoms. The number of anilines is 3. The number of hydrogen-bond acceptors (Lipinski definition) is 6. The summed E-state index contributed by atoms with van der Waals surface area (Å²) in [6, 6.07) is 2.38. The van der Waals surface area contributed by atoms with Crippen LogP contribution in [0.4, 0.5) is 22.4 Å². The minimum Gasteiger partial charge on any atom is -0.465 e. The van der Waals surface area contributed by atoms with Gasteiger partial charge in [0.15, 0.2) is 11.6 Å². The normalized spacial score (nSPS) is 21.0. The molecule has 0 radical (unpaired) electrons. The van der Waals surface area contributed by atoms with Crippen LogP contribution in [0.1, 0.15) is 63.0 Å². The maximum absolute atomic E-state index is 11.2. The zero-order valence-corrected chi connectivity index (χ0v) is 19.1. The van der Waals surface area contributed by atoms with Gasteiger partial charge < -0.3 is 20.2 Å².